The molecule has 0 aromatic heterocycles. The second-order valence-electron chi connectivity index (χ2n) is 3.50. The van der Waals surface area contributed by atoms with Gasteiger partial charge in [-0.1, -0.05) is 16.5 Å². The Hall–Kier alpha value is -0.710. The lowest BCUT2D eigenvalue weighted by molar-refractivity contribution is 0.0438. The molecule has 0 amide bonds. The summed E-state index contributed by atoms with van der Waals surface area (Å²) in [4.78, 5) is 17.3. The van der Waals surface area contributed by atoms with E-state index < -0.39 is 16.0 Å². The maximum atomic E-state index is 11.9. The smallest absolute Gasteiger partial charge is 0.337 e. The van der Waals surface area contributed by atoms with Crippen molar-refractivity contribution in [3.8, 4) is 0 Å². The molecule has 0 fully saturated rings. The van der Waals surface area contributed by atoms with Gasteiger partial charge in [-0.25, -0.2) is 13.2 Å². The van der Waals surface area contributed by atoms with Gasteiger partial charge < -0.3 is 9.84 Å². The number of hydrogen-bond donors (Lipinski definition) is 2. The highest BCUT2D eigenvalue weighted by Crippen LogP contribution is 2.29. The number of halogens is 2. The molecule has 1 aromatic rings. The molecule has 0 radical (unpaired) electrons. The summed E-state index contributed by atoms with van der Waals surface area (Å²) in [6, 6.07) is 2.12. The first-order chi connectivity index (χ1) is 9.29. The average molecular weight is 389 g/mol. The van der Waals surface area contributed by atoms with Gasteiger partial charge in [0.2, 0.25) is 0 Å². The second kappa shape index (κ2) is 7.34. The molecule has 0 spiro atoms. The summed E-state index contributed by atoms with van der Waals surface area (Å²) < 4.78 is 28.6. The molecule has 0 atom stereocenters. The van der Waals surface area contributed by atoms with Crippen LogP contribution in [0, 0.1) is 0 Å². The highest BCUT2D eigenvalue weighted by Gasteiger charge is 2.21. The molecule has 0 unspecified atom stereocenters. The van der Waals surface area contributed by atoms with Crippen LogP contribution in [0.4, 0.5) is 0 Å². The lowest BCUT2D eigenvalue weighted by atomic mass is 10.2. The molecular weight excluding hydrogens is 378 g/mol. The first kappa shape index (κ1) is 17.3. The predicted octanol–water partition coefficient (Wildman–Crippen LogP) is 1.66. The summed E-state index contributed by atoms with van der Waals surface area (Å²) in [6.07, 6.45) is 0. The van der Waals surface area contributed by atoms with Crippen LogP contribution in [-0.4, -0.2) is 39.8 Å². The van der Waals surface area contributed by atoms with Gasteiger partial charge in [0, 0.05) is 11.6 Å². The second-order valence-corrected chi connectivity index (χ2v) is 6.38. The van der Waals surface area contributed by atoms with Crippen molar-refractivity contribution in [2.75, 3.05) is 20.3 Å². The van der Waals surface area contributed by atoms with Crippen LogP contribution in [0.3, 0.4) is 0 Å². The largest absolute Gasteiger partial charge is 0.478 e. The minimum absolute atomic E-state index is 0.0102. The van der Waals surface area contributed by atoms with Crippen molar-refractivity contribution < 1.29 is 27.9 Å². The normalized spacial score (nSPS) is 11.6. The molecule has 20 heavy (non-hydrogen) atoms. The van der Waals surface area contributed by atoms with E-state index >= 15 is 0 Å². The Kier molecular flexibility index (Phi) is 6.37. The number of carbonyl (C=O) groups is 1. The molecule has 0 aliphatic carbocycles. The van der Waals surface area contributed by atoms with Crippen LogP contribution in [0.1, 0.15) is 10.4 Å². The lowest BCUT2D eigenvalue weighted by Crippen LogP contribution is -2.26. The van der Waals surface area contributed by atoms with E-state index in [2.05, 4.69) is 20.7 Å². The Labute approximate surface area is 129 Å². The number of aromatic carboxylic acids is 1. The zero-order chi connectivity index (χ0) is 15.3. The maximum absolute atomic E-state index is 11.9. The van der Waals surface area contributed by atoms with Gasteiger partial charge in [0.05, 0.1) is 28.7 Å². The van der Waals surface area contributed by atoms with E-state index in [-0.39, 0.29) is 33.2 Å². The third-order valence-electron chi connectivity index (χ3n) is 2.10. The van der Waals surface area contributed by atoms with Crippen LogP contribution >= 0.6 is 27.5 Å². The first-order valence-corrected chi connectivity index (χ1v) is 7.80. The first-order valence-electron chi connectivity index (χ1n) is 5.14. The van der Waals surface area contributed by atoms with Gasteiger partial charge in [0.25, 0.3) is 10.0 Å². The van der Waals surface area contributed by atoms with Gasteiger partial charge in [-0.15, -0.1) is 0 Å². The fourth-order valence-corrected chi connectivity index (χ4v) is 2.85. The molecule has 1 aromatic carbocycles. The van der Waals surface area contributed by atoms with Gasteiger partial charge in [0.15, 0.2) is 0 Å². The maximum Gasteiger partial charge on any atom is 0.337 e. The van der Waals surface area contributed by atoms with Crippen molar-refractivity contribution >= 4 is 43.5 Å². The summed E-state index contributed by atoms with van der Waals surface area (Å²) >= 11 is 8.77. The third kappa shape index (κ3) is 4.40. The zero-order valence-corrected chi connectivity index (χ0v) is 13.4. The minimum Gasteiger partial charge on any atom is -0.478 e. The molecule has 0 saturated carbocycles. The molecule has 2 N–H and O–H groups in total. The summed E-state index contributed by atoms with van der Waals surface area (Å²) in [7, 11) is -2.58. The Balaban J connectivity index is 3.04. The number of benzene rings is 1. The predicted molar refractivity (Wildman–Crippen MR) is 74.3 cm³/mol. The Morgan fingerprint density at radius 3 is 2.65 bits per heavy atom. The third-order valence-corrected chi connectivity index (χ3v) is 4.56. The van der Waals surface area contributed by atoms with Gasteiger partial charge in [0.1, 0.15) is 0 Å². The molecule has 1 rings (SSSR count). The van der Waals surface area contributed by atoms with Crippen molar-refractivity contribution in [2.24, 2.45) is 0 Å². The number of rotatable bonds is 7. The number of methoxy groups -OCH3 is 1. The van der Waals surface area contributed by atoms with Crippen molar-refractivity contribution in [1.82, 2.24) is 4.89 Å². The molecule has 0 saturated heterocycles. The van der Waals surface area contributed by atoms with E-state index in [1.165, 1.54) is 13.2 Å². The van der Waals surface area contributed by atoms with Crippen LogP contribution in [-0.2, 0) is 19.6 Å². The average Bonchev–Trinajstić information content (AvgIpc) is 2.37. The van der Waals surface area contributed by atoms with Crippen LogP contribution in [0.15, 0.2) is 21.5 Å². The van der Waals surface area contributed by atoms with E-state index in [0.29, 0.717) is 0 Å². The van der Waals surface area contributed by atoms with Gasteiger partial charge in [-0.05, 0) is 28.1 Å². The quantitative estimate of drug-likeness (QED) is 0.544. The Bertz CT molecular complexity index is 606. The highest BCUT2D eigenvalue weighted by atomic mass is 79.9. The molecule has 0 heterocycles. The van der Waals surface area contributed by atoms with Gasteiger partial charge in [-0.3, -0.25) is 4.84 Å². The number of ether oxygens (including phenoxy) is 1. The lowest BCUT2D eigenvalue weighted by Gasteiger charge is -2.09. The Morgan fingerprint density at radius 1 is 1.45 bits per heavy atom. The van der Waals surface area contributed by atoms with Crippen molar-refractivity contribution in [3.63, 3.8) is 0 Å². The number of carboxylic acids is 1. The van der Waals surface area contributed by atoms with E-state index in [1.807, 2.05) is 4.89 Å². The summed E-state index contributed by atoms with van der Waals surface area (Å²) in [6.45, 7) is 0.212. The molecule has 0 aliphatic rings. The zero-order valence-electron chi connectivity index (χ0n) is 10.2. The topological polar surface area (TPSA) is 102 Å². The monoisotopic (exact) mass is 387 g/mol. The molecule has 112 valence electrons. The fraction of sp³-hybridized carbons (Fsp3) is 0.300. The van der Waals surface area contributed by atoms with Gasteiger partial charge in [-0.2, -0.15) is 0 Å². The number of nitrogens with one attached hydrogen (secondary N) is 1. The van der Waals surface area contributed by atoms with E-state index in [4.69, 9.17) is 21.5 Å². The number of carboxylic acid groups (broad SMARTS) is 1. The van der Waals surface area contributed by atoms with E-state index in [0.717, 1.165) is 6.07 Å². The molecular formula is C10H11BrClNO6S. The number of hydrogen-bond acceptors (Lipinski definition) is 5. The van der Waals surface area contributed by atoms with Crippen LogP contribution in [0.2, 0.25) is 5.02 Å². The van der Waals surface area contributed by atoms with E-state index in [9.17, 15) is 13.2 Å². The van der Waals surface area contributed by atoms with Crippen LogP contribution in [0.5, 0.6) is 0 Å². The van der Waals surface area contributed by atoms with Crippen molar-refractivity contribution in [3.05, 3.63) is 27.2 Å². The number of sulfonamides is 1. The molecule has 7 nitrogen and oxygen atoms in total. The summed E-state index contributed by atoms with van der Waals surface area (Å²) in [5, 5.41) is 8.87. The van der Waals surface area contributed by atoms with Crippen molar-refractivity contribution in [1.29, 1.82) is 0 Å². The van der Waals surface area contributed by atoms with Crippen LogP contribution < -0.4 is 4.89 Å². The standard InChI is InChI=1S/C10H11BrClNO6S/c1-18-2-3-19-13-20(16,17)6-4-7(10(14)15)9(12)8(11)5-6/h4-5,13H,2-3H2,1H3,(H,14,15). The molecule has 0 bridgehead atoms. The van der Waals surface area contributed by atoms with Crippen molar-refractivity contribution in [2.45, 2.75) is 4.90 Å². The Morgan fingerprint density at radius 2 is 2.10 bits per heavy atom. The molecule has 0 aliphatic heterocycles. The fourth-order valence-electron chi connectivity index (χ4n) is 1.17. The van der Waals surface area contributed by atoms with Gasteiger partial charge >= 0.3 is 5.97 Å². The highest BCUT2D eigenvalue weighted by molar-refractivity contribution is 9.10. The SMILES string of the molecule is COCCONS(=O)(=O)c1cc(Br)c(Cl)c(C(=O)O)c1. The molecule has 10 heteroatoms. The summed E-state index contributed by atoms with van der Waals surface area (Å²) in [5.41, 5.74) is -0.335. The van der Waals surface area contributed by atoms with Crippen LogP contribution in [0.25, 0.3) is 0 Å². The minimum atomic E-state index is -4.02. The van der Waals surface area contributed by atoms with E-state index in [1.54, 1.807) is 0 Å². The summed E-state index contributed by atoms with van der Waals surface area (Å²) in [5.74, 6) is -1.34.